The van der Waals surface area contributed by atoms with Crippen LogP contribution in [0.15, 0.2) is 82.5 Å². The minimum Gasteiger partial charge on any atom is -0.497 e. The number of rotatable bonds is 7. The molecule has 4 aromatic rings. The molecule has 0 aliphatic heterocycles. The molecular formula is C25H24N2O5S. The predicted octanol–water partition coefficient (Wildman–Crippen LogP) is 4.25. The molecule has 0 amide bonds. The third kappa shape index (κ3) is 4.56. The molecule has 0 unspecified atom stereocenters. The molecule has 4 rings (SSSR count). The van der Waals surface area contributed by atoms with E-state index in [4.69, 9.17) is 9.47 Å². The highest BCUT2D eigenvalue weighted by atomic mass is 32.2. The average Bonchev–Trinajstić information content (AvgIpc) is 2.82. The number of hydrogen-bond acceptors (Lipinski definition) is 5. The standard InChI is InChI=1S/C25H24N2O5S/c1-17-4-11-23(12-5-17)33(29,30)27(20-6-8-21(31-2)9-7-20)16-19-14-18-15-22(32-3)10-13-24(18)26-25(19)28/h4-15H,16H2,1-3H3,(H,26,28). The number of hydrogen-bond donors (Lipinski definition) is 1. The molecule has 0 radical (unpaired) electrons. The lowest BCUT2D eigenvalue weighted by Crippen LogP contribution is -2.33. The van der Waals surface area contributed by atoms with Crippen molar-refractivity contribution in [3.8, 4) is 11.5 Å². The Hall–Kier alpha value is -3.78. The molecule has 0 bridgehead atoms. The lowest BCUT2D eigenvalue weighted by atomic mass is 10.1. The predicted molar refractivity (Wildman–Crippen MR) is 129 cm³/mol. The van der Waals surface area contributed by atoms with E-state index in [1.807, 2.05) is 6.92 Å². The van der Waals surface area contributed by atoms with E-state index in [9.17, 15) is 13.2 Å². The zero-order valence-corrected chi connectivity index (χ0v) is 19.3. The molecule has 0 spiro atoms. The number of aromatic nitrogens is 1. The van der Waals surface area contributed by atoms with Crippen LogP contribution in [-0.2, 0) is 16.6 Å². The average molecular weight is 465 g/mol. The van der Waals surface area contributed by atoms with Gasteiger partial charge in [0.25, 0.3) is 15.6 Å². The quantitative estimate of drug-likeness (QED) is 0.442. The zero-order chi connectivity index (χ0) is 23.6. The van der Waals surface area contributed by atoms with Crippen LogP contribution in [0, 0.1) is 6.92 Å². The van der Waals surface area contributed by atoms with Gasteiger partial charge in [-0.25, -0.2) is 8.42 Å². The molecule has 33 heavy (non-hydrogen) atoms. The highest BCUT2D eigenvalue weighted by molar-refractivity contribution is 7.92. The van der Waals surface area contributed by atoms with Crippen molar-refractivity contribution in [3.63, 3.8) is 0 Å². The van der Waals surface area contributed by atoms with E-state index in [0.29, 0.717) is 28.3 Å². The number of H-pyrrole nitrogens is 1. The Morgan fingerprint density at radius 3 is 2.12 bits per heavy atom. The SMILES string of the molecule is COc1ccc(N(Cc2cc3cc(OC)ccc3[nH]c2=O)S(=O)(=O)c2ccc(C)cc2)cc1. The van der Waals surface area contributed by atoms with Gasteiger partial charge in [-0.15, -0.1) is 0 Å². The maximum atomic E-state index is 13.6. The van der Waals surface area contributed by atoms with Crippen LogP contribution in [-0.4, -0.2) is 27.6 Å². The van der Waals surface area contributed by atoms with E-state index < -0.39 is 10.0 Å². The second-order valence-electron chi connectivity index (χ2n) is 7.60. The van der Waals surface area contributed by atoms with Gasteiger partial charge in [0.05, 0.1) is 31.3 Å². The van der Waals surface area contributed by atoms with Crippen LogP contribution >= 0.6 is 0 Å². The van der Waals surface area contributed by atoms with Gasteiger partial charge in [0, 0.05) is 16.5 Å². The first-order valence-electron chi connectivity index (χ1n) is 10.3. The Bertz CT molecular complexity index is 1440. The molecule has 1 aromatic heterocycles. The summed E-state index contributed by atoms with van der Waals surface area (Å²) >= 11 is 0. The smallest absolute Gasteiger partial charge is 0.264 e. The number of benzene rings is 3. The molecule has 3 aromatic carbocycles. The fraction of sp³-hybridized carbons (Fsp3) is 0.160. The van der Waals surface area contributed by atoms with E-state index in [1.54, 1.807) is 87.0 Å². The summed E-state index contributed by atoms with van der Waals surface area (Å²) < 4.78 is 39.0. The van der Waals surface area contributed by atoms with Crippen LogP contribution in [0.5, 0.6) is 11.5 Å². The van der Waals surface area contributed by atoms with Crippen LogP contribution in [0.3, 0.4) is 0 Å². The van der Waals surface area contributed by atoms with Crippen molar-refractivity contribution in [2.45, 2.75) is 18.4 Å². The van der Waals surface area contributed by atoms with Crippen molar-refractivity contribution in [2.24, 2.45) is 0 Å². The van der Waals surface area contributed by atoms with Crippen LogP contribution in [0.4, 0.5) is 5.69 Å². The van der Waals surface area contributed by atoms with Crippen LogP contribution in [0.2, 0.25) is 0 Å². The van der Waals surface area contributed by atoms with Crippen molar-refractivity contribution in [1.29, 1.82) is 0 Å². The largest absolute Gasteiger partial charge is 0.497 e. The number of anilines is 1. The first-order valence-corrected chi connectivity index (χ1v) is 11.7. The van der Waals surface area contributed by atoms with Gasteiger partial charge in [-0.2, -0.15) is 0 Å². The van der Waals surface area contributed by atoms with Crippen molar-refractivity contribution >= 4 is 26.6 Å². The third-order valence-electron chi connectivity index (χ3n) is 5.41. The van der Waals surface area contributed by atoms with Crippen molar-refractivity contribution in [3.05, 3.63) is 94.3 Å². The molecule has 0 saturated carbocycles. The van der Waals surface area contributed by atoms with Gasteiger partial charge in [0.1, 0.15) is 11.5 Å². The van der Waals surface area contributed by atoms with E-state index >= 15 is 0 Å². The molecule has 1 heterocycles. The Morgan fingerprint density at radius 1 is 0.848 bits per heavy atom. The van der Waals surface area contributed by atoms with Gasteiger partial charge >= 0.3 is 0 Å². The fourth-order valence-corrected chi connectivity index (χ4v) is 4.97. The lowest BCUT2D eigenvalue weighted by Gasteiger charge is -2.25. The molecule has 0 aliphatic rings. The summed E-state index contributed by atoms with van der Waals surface area (Å²) in [4.78, 5) is 15.8. The van der Waals surface area contributed by atoms with Crippen LogP contribution in [0.25, 0.3) is 10.9 Å². The highest BCUT2D eigenvalue weighted by Gasteiger charge is 2.26. The monoisotopic (exact) mass is 464 g/mol. The van der Waals surface area contributed by atoms with E-state index in [0.717, 1.165) is 10.9 Å². The maximum absolute atomic E-state index is 13.6. The van der Waals surface area contributed by atoms with E-state index in [2.05, 4.69) is 4.98 Å². The maximum Gasteiger partial charge on any atom is 0.264 e. The summed E-state index contributed by atoms with van der Waals surface area (Å²) in [6, 6.07) is 20.3. The number of ether oxygens (including phenoxy) is 2. The van der Waals surface area contributed by atoms with Crippen LogP contribution < -0.4 is 19.3 Å². The molecule has 1 N–H and O–H groups in total. The second kappa shape index (κ2) is 8.99. The molecule has 170 valence electrons. The lowest BCUT2D eigenvalue weighted by molar-refractivity contribution is 0.415. The Kier molecular flexibility index (Phi) is 6.11. The van der Waals surface area contributed by atoms with E-state index in [1.165, 1.54) is 4.31 Å². The van der Waals surface area contributed by atoms with Gasteiger partial charge < -0.3 is 14.5 Å². The first-order chi connectivity index (χ1) is 15.8. The summed E-state index contributed by atoms with van der Waals surface area (Å²) in [7, 11) is -0.853. The highest BCUT2D eigenvalue weighted by Crippen LogP contribution is 2.28. The number of sulfonamides is 1. The Morgan fingerprint density at radius 2 is 1.48 bits per heavy atom. The summed E-state index contributed by atoms with van der Waals surface area (Å²) in [5.74, 6) is 1.24. The molecule has 0 aliphatic carbocycles. The number of nitrogens with zero attached hydrogens (tertiary/aromatic N) is 1. The van der Waals surface area contributed by atoms with Crippen molar-refractivity contribution < 1.29 is 17.9 Å². The van der Waals surface area contributed by atoms with Gasteiger partial charge in [-0.1, -0.05) is 17.7 Å². The second-order valence-corrected chi connectivity index (χ2v) is 9.46. The molecule has 0 fully saturated rings. The summed E-state index contributed by atoms with van der Waals surface area (Å²) in [6.45, 7) is 1.74. The zero-order valence-electron chi connectivity index (χ0n) is 18.5. The Balaban J connectivity index is 1.83. The van der Waals surface area contributed by atoms with Crippen molar-refractivity contribution in [2.75, 3.05) is 18.5 Å². The molecule has 0 saturated heterocycles. The molecule has 8 heteroatoms. The van der Waals surface area contributed by atoms with Gasteiger partial charge in [-0.05, 0) is 67.6 Å². The third-order valence-corrected chi connectivity index (χ3v) is 7.20. The molecular weight excluding hydrogens is 440 g/mol. The fourth-order valence-electron chi connectivity index (χ4n) is 3.53. The first kappa shape index (κ1) is 22.4. The van der Waals surface area contributed by atoms with Gasteiger partial charge in [0.2, 0.25) is 0 Å². The number of aromatic amines is 1. The molecule has 7 nitrogen and oxygen atoms in total. The summed E-state index contributed by atoms with van der Waals surface area (Å²) in [6.07, 6.45) is 0. The van der Waals surface area contributed by atoms with Gasteiger partial charge in [-0.3, -0.25) is 9.10 Å². The summed E-state index contributed by atoms with van der Waals surface area (Å²) in [5.41, 5.74) is 1.96. The minimum atomic E-state index is -3.96. The van der Waals surface area contributed by atoms with Gasteiger partial charge in [0.15, 0.2) is 0 Å². The van der Waals surface area contributed by atoms with Crippen LogP contribution in [0.1, 0.15) is 11.1 Å². The number of pyridine rings is 1. The number of aryl methyl sites for hydroxylation is 1. The summed E-state index contributed by atoms with van der Waals surface area (Å²) in [5, 5.41) is 0.742. The minimum absolute atomic E-state index is 0.141. The molecule has 0 atom stereocenters. The normalized spacial score (nSPS) is 11.4. The Labute approximate surface area is 192 Å². The topological polar surface area (TPSA) is 88.7 Å². The number of nitrogens with one attached hydrogen (secondary N) is 1. The van der Waals surface area contributed by atoms with E-state index in [-0.39, 0.29) is 17.0 Å². The number of fused-ring (bicyclic) bond motifs is 1. The number of methoxy groups -OCH3 is 2. The van der Waals surface area contributed by atoms with Crippen molar-refractivity contribution in [1.82, 2.24) is 4.98 Å².